The first kappa shape index (κ1) is 19.0. The maximum absolute atomic E-state index is 13.4. The van der Waals surface area contributed by atoms with Crippen LogP contribution < -0.4 is 20.9 Å². The molecule has 10 heteroatoms. The van der Waals surface area contributed by atoms with Gasteiger partial charge in [0.15, 0.2) is 5.69 Å². The van der Waals surface area contributed by atoms with Crippen molar-refractivity contribution < 1.29 is 9.59 Å². The van der Waals surface area contributed by atoms with E-state index in [1.54, 1.807) is 36.8 Å². The van der Waals surface area contributed by atoms with Crippen LogP contribution in [-0.2, 0) is 0 Å². The first-order valence-electron chi connectivity index (χ1n) is 9.04. The Morgan fingerprint density at radius 2 is 1.86 bits per heavy atom. The number of rotatable bonds is 5. The van der Waals surface area contributed by atoms with Gasteiger partial charge in [-0.25, -0.2) is 9.97 Å². The molecule has 1 aliphatic rings. The summed E-state index contributed by atoms with van der Waals surface area (Å²) in [5.74, 6) is -0.197. The quantitative estimate of drug-likeness (QED) is 0.654. The van der Waals surface area contributed by atoms with Crippen molar-refractivity contribution in [2.45, 2.75) is 0 Å². The standard InChI is InChI=1S/C19H19N7O2S/c20-17(27)16-19(29-12-24-16)26(14-3-5-21-6-4-14)18(28)13-1-2-15(23-11-13)25-9-7-22-8-10-25/h1-6,11-12,22H,7-10H2,(H2,20,27). The van der Waals surface area contributed by atoms with Gasteiger partial charge >= 0.3 is 0 Å². The Kier molecular flexibility index (Phi) is 5.45. The normalized spacial score (nSPS) is 13.9. The third-order valence-corrected chi connectivity index (χ3v) is 5.36. The lowest BCUT2D eigenvalue weighted by molar-refractivity contribution is 0.0996. The third-order valence-electron chi connectivity index (χ3n) is 4.55. The number of carbonyl (C=O) groups excluding carboxylic acids is 2. The van der Waals surface area contributed by atoms with Gasteiger partial charge in [0.1, 0.15) is 10.8 Å². The van der Waals surface area contributed by atoms with Gasteiger partial charge in [-0.3, -0.25) is 19.5 Å². The van der Waals surface area contributed by atoms with Gasteiger partial charge in [0.2, 0.25) is 0 Å². The maximum Gasteiger partial charge on any atom is 0.270 e. The fraction of sp³-hybridized carbons (Fsp3) is 0.211. The number of carbonyl (C=O) groups is 2. The molecule has 2 amide bonds. The minimum Gasteiger partial charge on any atom is -0.364 e. The highest BCUT2D eigenvalue weighted by molar-refractivity contribution is 7.14. The Balaban J connectivity index is 1.68. The van der Waals surface area contributed by atoms with Gasteiger partial charge in [-0.05, 0) is 24.3 Å². The molecule has 0 spiro atoms. The number of nitrogens with one attached hydrogen (secondary N) is 1. The van der Waals surface area contributed by atoms with E-state index in [0.717, 1.165) is 32.0 Å². The molecule has 4 heterocycles. The summed E-state index contributed by atoms with van der Waals surface area (Å²) in [6.07, 6.45) is 4.71. The van der Waals surface area contributed by atoms with Crippen molar-refractivity contribution in [2.24, 2.45) is 5.73 Å². The van der Waals surface area contributed by atoms with Crippen molar-refractivity contribution in [3.05, 3.63) is 59.6 Å². The molecular weight excluding hydrogens is 390 g/mol. The van der Waals surface area contributed by atoms with E-state index in [1.807, 2.05) is 6.07 Å². The van der Waals surface area contributed by atoms with E-state index >= 15 is 0 Å². The second-order valence-corrected chi connectivity index (χ2v) is 7.19. The Bertz CT molecular complexity index is 1000. The zero-order valence-corrected chi connectivity index (χ0v) is 16.3. The van der Waals surface area contributed by atoms with Crippen molar-refractivity contribution in [2.75, 3.05) is 36.0 Å². The van der Waals surface area contributed by atoms with Crippen LogP contribution in [-0.4, -0.2) is 52.9 Å². The first-order chi connectivity index (χ1) is 14.1. The number of hydrogen-bond acceptors (Lipinski definition) is 8. The minimum absolute atomic E-state index is 0.0468. The lowest BCUT2D eigenvalue weighted by atomic mass is 10.2. The SMILES string of the molecule is NC(=O)c1ncsc1N(C(=O)c1ccc(N2CCNCC2)nc1)c1ccncc1. The fourth-order valence-electron chi connectivity index (χ4n) is 3.11. The average molecular weight is 409 g/mol. The molecule has 0 aromatic carbocycles. The third kappa shape index (κ3) is 3.93. The Morgan fingerprint density at radius 1 is 1.10 bits per heavy atom. The topological polar surface area (TPSA) is 117 Å². The van der Waals surface area contributed by atoms with Crippen molar-refractivity contribution in [3.63, 3.8) is 0 Å². The van der Waals surface area contributed by atoms with Crippen LogP contribution in [0.4, 0.5) is 16.5 Å². The monoisotopic (exact) mass is 409 g/mol. The molecule has 3 aromatic rings. The van der Waals surface area contributed by atoms with Crippen LogP contribution in [0.2, 0.25) is 0 Å². The van der Waals surface area contributed by atoms with Crippen LogP contribution in [0.25, 0.3) is 0 Å². The molecule has 3 N–H and O–H groups in total. The zero-order chi connectivity index (χ0) is 20.2. The van der Waals surface area contributed by atoms with Gasteiger partial charge < -0.3 is 16.0 Å². The molecule has 148 valence electrons. The highest BCUT2D eigenvalue weighted by atomic mass is 32.1. The summed E-state index contributed by atoms with van der Waals surface area (Å²) in [6, 6.07) is 6.95. The number of piperazine rings is 1. The van der Waals surface area contributed by atoms with Crippen LogP contribution in [0.15, 0.2) is 48.4 Å². The highest BCUT2D eigenvalue weighted by Gasteiger charge is 2.26. The number of primary amides is 1. The van der Waals surface area contributed by atoms with Gasteiger partial charge in [-0.2, -0.15) is 0 Å². The van der Waals surface area contributed by atoms with Crippen molar-refractivity contribution in [3.8, 4) is 0 Å². The van der Waals surface area contributed by atoms with Crippen molar-refractivity contribution in [1.82, 2.24) is 20.3 Å². The molecule has 1 saturated heterocycles. The molecule has 0 bridgehead atoms. The lowest BCUT2D eigenvalue weighted by Crippen LogP contribution is -2.43. The summed E-state index contributed by atoms with van der Waals surface area (Å²) in [5.41, 5.74) is 7.94. The van der Waals surface area contributed by atoms with E-state index in [0.29, 0.717) is 16.3 Å². The first-order valence-corrected chi connectivity index (χ1v) is 9.92. The summed E-state index contributed by atoms with van der Waals surface area (Å²) in [6.45, 7) is 3.54. The molecule has 4 rings (SSSR count). The van der Waals surface area contributed by atoms with E-state index in [9.17, 15) is 9.59 Å². The molecule has 29 heavy (non-hydrogen) atoms. The van der Waals surface area contributed by atoms with E-state index in [1.165, 1.54) is 21.7 Å². The van der Waals surface area contributed by atoms with Gasteiger partial charge in [-0.15, -0.1) is 11.3 Å². The van der Waals surface area contributed by atoms with E-state index < -0.39 is 5.91 Å². The maximum atomic E-state index is 13.4. The zero-order valence-electron chi connectivity index (χ0n) is 15.5. The molecule has 9 nitrogen and oxygen atoms in total. The smallest absolute Gasteiger partial charge is 0.270 e. The summed E-state index contributed by atoms with van der Waals surface area (Å²) >= 11 is 1.17. The Hall–Kier alpha value is -3.37. The van der Waals surface area contributed by atoms with Crippen LogP contribution in [0.1, 0.15) is 20.8 Å². The second-order valence-electron chi connectivity index (χ2n) is 6.36. The van der Waals surface area contributed by atoms with Crippen LogP contribution >= 0.6 is 11.3 Å². The molecule has 1 fully saturated rings. The van der Waals surface area contributed by atoms with Crippen LogP contribution in [0.3, 0.4) is 0 Å². The Labute approximate surface area is 171 Å². The minimum atomic E-state index is -0.694. The summed E-state index contributed by atoms with van der Waals surface area (Å²) in [4.78, 5) is 41.2. The second kappa shape index (κ2) is 8.33. The van der Waals surface area contributed by atoms with E-state index in [4.69, 9.17) is 5.73 Å². The van der Waals surface area contributed by atoms with Gasteiger partial charge in [0, 0.05) is 44.8 Å². The largest absolute Gasteiger partial charge is 0.364 e. The van der Waals surface area contributed by atoms with E-state index in [-0.39, 0.29) is 11.6 Å². The number of thiazole rings is 1. The molecular formula is C19H19N7O2S. The summed E-state index contributed by atoms with van der Waals surface area (Å²) in [7, 11) is 0. The Morgan fingerprint density at radius 3 is 2.52 bits per heavy atom. The highest BCUT2D eigenvalue weighted by Crippen LogP contribution is 2.33. The summed E-state index contributed by atoms with van der Waals surface area (Å²) < 4.78 is 0. The van der Waals surface area contributed by atoms with Crippen LogP contribution in [0.5, 0.6) is 0 Å². The van der Waals surface area contributed by atoms with Crippen molar-refractivity contribution >= 4 is 39.7 Å². The molecule has 3 aromatic heterocycles. The van der Waals surface area contributed by atoms with Crippen LogP contribution in [0, 0.1) is 0 Å². The predicted molar refractivity (Wildman–Crippen MR) is 111 cm³/mol. The molecule has 0 saturated carbocycles. The number of nitrogens with zero attached hydrogens (tertiary/aromatic N) is 5. The van der Waals surface area contributed by atoms with Gasteiger partial charge in [0.25, 0.3) is 11.8 Å². The average Bonchev–Trinajstić information content (AvgIpc) is 3.25. The number of aromatic nitrogens is 3. The fourth-order valence-corrected chi connectivity index (χ4v) is 3.93. The van der Waals surface area contributed by atoms with Gasteiger partial charge in [0.05, 0.1) is 16.8 Å². The van der Waals surface area contributed by atoms with E-state index in [2.05, 4.69) is 25.2 Å². The molecule has 0 unspecified atom stereocenters. The van der Waals surface area contributed by atoms with Gasteiger partial charge in [-0.1, -0.05) is 0 Å². The number of pyridine rings is 2. The molecule has 0 atom stereocenters. The summed E-state index contributed by atoms with van der Waals surface area (Å²) in [5, 5.41) is 3.66. The molecule has 0 aliphatic carbocycles. The number of anilines is 3. The molecule has 0 radical (unpaired) electrons. The number of hydrogen-bond donors (Lipinski definition) is 2. The number of nitrogens with two attached hydrogens (primary N) is 1. The number of amides is 2. The predicted octanol–water partition coefficient (Wildman–Crippen LogP) is 1.42. The van der Waals surface area contributed by atoms with Crippen molar-refractivity contribution in [1.29, 1.82) is 0 Å². The molecule has 1 aliphatic heterocycles. The lowest BCUT2D eigenvalue weighted by Gasteiger charge is -2.28.